The summed E-state index contributed by atoms with van der Waals surface area (Å²) in [5.74, 6) is -0.494. The molecular weight excluding hydrogens is 232 g/mol. The fourth-order valence-corrected chi connectivity index (χ4v) is 1.61. The minimum atomic E-state index is -3.27. The molecule has 0 aliphatic carbocycles. The molecule has 0 unspecified atom stereocenters. The van der Waals surface area contributed by atoms with Gasteiger partial charge in [-0.1, -0.05) is 0 Å². The third-order valence-electron chi connectivity index (χ3n) is 1.94. The van der Waals surface area contributed by atoms with Gasteiger partial charge in [-0.2, -0.15) is 0 Å². The first-order valence-electron chi connectivity index (χ1n) is 4.92. The summed E-state index contributed by atoms with van der Waals surface area (Å²) in [5.41, 5.74) is 0. The van der Waals surface area contributed by atoms with Gasteiger partial charge in [-0.05, 0) is 6.92 Å². The van der Waals surface area contributed by atoms with E-state index in [1.54, 1.807) is 0 Å². The molecule has 0 heterocycles. The van der Waals surface area contributed by atoms with Crippen LogP contribution in [-0.2, 0) is 19.6 Å². The summed E-state index contributed by atoms with van der Waals surface area (Å²) in [6.45, 7) is 1.47. The fourth-order valence-electron chi connectivity index (χ4n) is 0.880. The van der Waals surface area contributed by atoms with Crippen molar-refractivity contribution in [3.8, 4) is 0 Å². The summed E-state index contributed by atoms with van der Waals surface area (Å²) >= 11 is 0. The number of carbonyl (C=O) groups excluding carboxylic acids is 2. The van der Waals surface area contributed by atoms with Crippen LogP contribution in [0.25, 0.3) is 0 Å². The molecule has 0 aromatic rings. The third-order valence-corrected chi connectivity index (χ3v) is 3.78. The van der Waals surface area contributed by atoms with E-state index in [4.69, 9.17) is 0 Å². The van der Waals surface area contributed by atoms with E-state index in [1.807, 2.05) is 0 Å². The lowest BCUT2D eigenvalue weighted by Gasteiger charge is -2.11. The van der Waals surface area contributed by atoms with Gasteiger partial charge in [-0.15, -0.1) is 0 Å². The van der Waals surface area contributed by atoms with Crippen molar-refractivity contribution in [2.75, 3.05) is 26.4 Å². The number of carbonyl (C=O) groups is 2. The molecular formula is C9H18N2O4S. The Morgan fingerprint density at radius 3 is 2.19 bits per heavy atom. The number of amides is 1. The summed E-state index contributed by atoms with van der Waals surface area (Å²) in [6.07, 6.45) is 0.295. The van der Waals surface area contributed by atoms with Crippen LogP contribution in [0.2, 0.25) is 0 Å². The van der Waals surface area contributed by atoms with E-state index in [0.717, 1.165) is 4.31 Å². The van der Waals surface area contributed by atoms with Crippen molar-refractivity contribution in [2.45, 2.75) is 19.8 Å². The average molecular weight is 250 g/mol. The Morgan fingerprint density at radius 2 is 1.75 bits per heavy atom. The smallest absolute Gasteiger partial charge is 0.220 e. The van der Waals surface area contributed by atoms with Gasteiger partial charge in [-0.25, -0.2) is 12.7 Å². The first kappa shape index (κ1) is 15.0. The van der Waals surface area contributed by atoms with E-state index in [-0.39, 0.29) is 36.8 Å². The van der Waals surface area contributed by atoms with Gasteiger partial charge in [-0.3, -0.25) is 4.79 Å². The first-order chi connectivity index (χ1) is 7.25. The van der Waals surface area contributed by atoms with Crippen molar-refractivity contribution in [3.63, 3.8) is 0 Å². The predicted molar refractivity (Wildman–Crippen MR) is 60.4 cm³/mol. The van der Waals surface area contributed by atoms with E-state index in [0.29, 0.717) is 0 Å². The van der Waals surface area contributed by atoms with Crippen LogP contribution in [-0.4, -0.2) is 50.8 Å². The van der Waals surface area contributed by atoms with E-state index in [1.165, 1.54) is 21.0 Å². The Hall–Kier alpha value is -0.950. The number of ketones is 1. The Balaban J connectivity index is 3.83. The molecule has 0 atom stereocenters. The van der Waals surface area contributed by atoms with Gasteiger partial charge in [0.05, 0.1) is 5.75 Å². The normalized spacial score (nSPS) is 11.5. The van der Waals surface area contributed by atoms with Gasteiger partial charge >= 0.3 is 0 Å². The van der Waals surface area contributed by atoms with E-state index in [9.17, 15) is 18.0 Å². The fraction of sp³-hybridized carbons (Fsp3) is 0.778. The molecule has 16 heavy (non-hydrogen) atoms. The molecule has 0 aromatic carbocycles. The molecule has 6 nitrogen and oxygen atoms in total. The molecule has 0 saturated carbocycles. The number of nitrogens with one attached hydrogen (secondary N) is 1. The molecule has 1 N–H and O–H groups in total. The highest BCUT2D eigenvalue weighted by molar-refractivity contribution is 7.89. The van der Waals surface area contributed by atoms with Crippen molar-refractivity contribution in [1.29, 1.82) is 0 Å². The molecule has 0 fully saturated rings. The molecule has 94 valence electrons. The highest BCUT2D eigenvalue weighted by atomic mass is 32.2. The summed E-state index contributed by atoms with van der Waals surface area (Å²) in [5, 5.41) is 2.45. The topological polar surface area (TPSA) is 83.5 Å². The molecule has 0 aliphatic rings. The van der Waals surface area contributed by atoms with Gasteiger partial charge in [0.15, 0.2) is 0 Å². The van der Waals surface area contributed by atoms with Crippen molar-refractivity contribution in [2.24, 2.45) is 0 Å². The lowest BCUT2D eigenvalue weighted by Crippen LogP contribution is -2.33. The van der Waals surface area contributed by atoms with Gasteiger partial charge in [0, 0.05) is 33.5 Å². The number of hydrogen-bond acceptors (Lipinski definition) is 4. The summed E-state index contributed by atoms with van der Waals surface area (Å²) < 4.78 is 23.7. The standard InChI is InChI=1S/C9H18N2O4S/c1-8(12)4-5-9(13)10-6-7-16(14,15)11(2)3/h4-7H2,1-3H3,(H,10,13). The maximum Gasteiger partial charge on any atom is 0.220 e. The Kier molecular flexibility index (Phi) is 6.20. The maximum absolute atomic E-state index is 11.3. The summed E-state index contributed by atoms with van der Waals surface area (Å²) in [4.78, 5) is 21.7. The lowest BCUT2D eigenvalue weighted by molar-refractivity contribution is -0.124. The molecule has 0 rings (SSSR count). The second-order valence-electron chi connectivity index (χ2n) is 3.65. The highest BCUT2D eigenvalue weighted by Crippen LogP contribution is 1.93. The maximum atomic E-state index is 11.3. The van der Waals surface area contributed by atoms with Crippen molar-refractivity contribution in [1.82, 2.24) is 9.62 Å². The van der Waals surface area contributed by atoms with Crippen LogP contribution < -0.4 is 5.32 Å². The third kappa shape index (κ3) is 6.52. The molecule has 0 radical (unpaired) electrons. The van der Waals surface area contributed by atoms with Crippen LogP contribution in [0, 0.1) is 0 Å². The second kappa shape index (κ2) is 6.59. The predicted octanol–water partition coefficient (Wildman–Crippen LogP) is -0.637. The van der Waals surface area contributed by atoms with Gasteiger partial charge in [0.2, 0.25) is 15.9 Å². The number of rotatable bonds is 7. The van der Waals surface area contributed by atoms with Crippen molar-refractivity contribution in [3.05, 3.63) is 0 Å². The minimum absolute atomic E-state index is 0.0592. The monoisotopic (exact) mass is 250 g/mol. The van der Waals surface area contributed by atoms with Crippen LogP contribution in [0.15, 0.2) is 0 Å². The zero-order chi connectivity index (χ0) is 12.8. The molecule has 0 aromatic heterocycles. The van der Waals surface area contributed by atoms with Gasteiger partial charge in [0.1, 0.15) is 5.78 Å². The van der Waals surface area contributed by atoms with Crippen LogP contribution in [0.1, 0.15) is 19.8 Å². The Morgan fingerprint density at radius 1 is 1.19 bits per heavy atom. The van der Waals surface area contributed by atoms with E-state index >= 15 is 0 Å². The Labute approximate surface area is 96.1 Å². The van der Waals surface area contributed by atoms with E-state index < -0.39 is 10.0 Å². The van der Waals surface area contributed by atoms with Gasteiger partial charge < -0.3 is 10.1 Å². The number of hydrogen-bond donors (Lipinski definition) is 1. The van der Waals surface area contributed by atoms with E-state index in [2.05, 4.69) is 5.32 Å². The number of sulfonamides is 1. The first-order valence-corrected chi connectivity index (χ1v) is 6.53. The summed E-state index contributed by atoms with van der Waals surface area (Å²) in [6, 6.07) is 0. The van der Waals surface area contributed by atoms with Crippen molar-refractivity contribution >= 4 is 21.7 Å². The Bertz CT molecular complexity index is 349. The SMILES string of the molecule is CC(=O)CCC(=O)NCCS(=O)(=O)N(C)C. The quantitative estimate of drug-likeness (QED) is 0.651. The van der Waals surface area contributed by atoms with Crippen LogP contribution in [0.3, 0.4) is 0 Å². The molecule has 0 aliphatic heterocycles. The molecule has 1 amide bonds. The molecule has 0 bridgehead atoms. The summed E-state index contributed by atoms with van der Waals surface area (Å²) in [7, 11) is -0.399. The zero-order valence-electron chi connectivity index (χ0n) is 9.82. The lowest BCUT2D eigenvalue weighted by atomic mass is 10.2. The van der Waals surface area contributed by atoms with Crippen molar-refractivity contribution < 1.29 is 18.0 Å². The highest BCUT2D eigenvalue weighted by Gasteiger charge is 2.13. The minimum Gasteiger partial charge on any atom is -0.355 e. The number of Topliss-reactive ketones (excluding diaryl/α,β-unsaturated/α-hetero) is 1. The molecule has 7 heteroatoms. The zero-order valence-corrected chi connectivity index (χ0v) is 10.6. The molecule has 0 saturated heterocycles. The van der Waals surface area contributed by atoms with Crippen LogP contribution in [0.5, 0.6) is 0 Å². The van der Waals surface area contributed by atoms with Gasteiger partial charge in [0.25, 0.3) is 0 Å². The van der Waals surface area contributed by atoms with Crippen LogP contribution in [0.4, 0.5) is 0 Å². The number of nitrogens with zero attached hydrogens (tertiary/aromatic N) is 1. The largest absolute Gasteiger partial charge is 0.355 e. The average Bonchev–Trinajstić information content (AvgIpc) is 2.14. The second-order valence-corrected chi connectivity index (χ2v) is 5.95. The molecule has 0 spiro atoms. The van der Waals surface area contributed by atoms with Crippen LogP contribution >= 0.6 is 0 Å².